The van der Waals surface area contributed by atoms with Crippen molar-refractivity contribution in [2.24, 2.45) is 7.05 Å². The third-order valence-corrected chi connectivity index (χ3v) is 4.33. The Labute approximate surface area is 142 Å². The van der Waals surface area contributed by atoms with Crippen LogP contribution in [0.1, 0.15) is 40.8 Å². The number of aromatic nitrogens is 3. The molecular formula is C16H18F2N4O3. The second-order valence-corrected chi connectivity index (χ2v) is 5.90. The van der Waals surface area contributed by atoms with Crippen LogP contribution >= 0.6 is 0 Å². The van der Waals surface area contributed by atoms with Gasteiger partial charge in [0.05, 0.1) is 5.56 Å². The molecule has 1 aliphatic rings. The van der Waals surface area contributed by atoms with Crippen molar-refractivity contribution in [2.45, 2.75) is 38.0 Å². The minimum absolute atomic E-state index is 0.0764. The summed E-state index contributed by atoms with van der Waals surface area (Å²) in [5.74, 6) is 0.785. The molecule has 1 aliphatic carbocycles. The van der Waals surface area contributed by atoms with Gasteiger partial charge in [0.1, 0.15) is 18.2 Å². The molecule has 7 nitrogen and oxygen atoms in total. The maximum Gasteiger partial charge on any atom is 0.387 e. The summed E-state index contributed by atoms with van der Waals surface area (Å²) in [6, 6.07) is 5.82. The Morgan fingerprint density at radius 1 is 1.40 bits per heavy atom. The summed E-state index contributed by atoms with van der Waals surface area (Å²) in [6.45, 7) is -3.17. The molecule has 1 amide bonds. The van der Waals surface area contributed by atoms with Gasteiger partial charge in [0, 0.05) is 19.0 Å². The number of ether oxygens (including phenoxy) is 1. The maximum absolute atomic E-state index is 12.4. The zero-order valence-corrected chi connectivity index (χ0v) is 13.5. The highest BCUT2D eigenvalue weighted by molar-refractivity contribution is 5.97. The Bertz CT molecular complexity index is 760. The maximum atomic E-state index is 12.4. The molecule has 1 saturated carbocycles. The van der Waals surface area contributed by atoms with E-state index in [9.17, 15) is 13.6 Å². The van der Waals surface area contributed by atoms with Gasteiger partial charge in [0.15, 0.2) is 5.82 Å². The lowest BCUT2D eigenvalue weighted by Crippen LogP contribution is -2.44. The molecule has 0 atom stereocenters. The van der Waals surface area contributed by atoms with E-state index in [0.29, 0.717) is 18.7 Å². The number of nitrogens with one attached hydrogen (secondary N) is 1. The molecule has 1 aromatic heterocycles. The van der Waals surface area contributed by atoms with E-state index in [0.717, 1.165) is 5.82 Å². The first-order chi connectivity index (χ1) is 12.0. The number of halogens is 2. The Morgan fingerprint density at radius 2 is 2.12 bits per heavy atom. The van der Waals surface area contributed by atoms with Gasteiger partial charge in [-0.25, -0.2) is 0 Å². The SMILES string of the molecule is Cn1c(CO)nnc1C1CC(NC(=O)c2ccccc2OC(F)F)C1. The monoisotopic (exact) mass is 352 g/mol. The molecule has 1 heterocycles. The van der Waals surface area contributed by atoms with Crippen LogP contribution in [0.25, 0.3) is 0 Å². The number of aliphatic hydroxyl groups excluding tert-OH is 1. The van der Waals surface area contributed by atoms with Crippen LogP contribution in [-0.2, 0) is 13.7 Å². The standard InChI is InChI=1S/C16H18F2N4O3/c1-22-13(8-23)20-21-14(22)9-6-10(7-9)19-15(24)11-4-2-3-5-12(11)25-16(17)18/h2-5,9-10,16,23H,6-8H2,1H3,(H,19,24). The van der Waals surface area contributed by atoms with Crippen molar-refractivity contribution in [3.8, 4) is 5.75 Å². The summed E-state index contributed by atoms with van der Waals surface area (Å²) >= 11 is 0. The number of nitrogens with zero attached hydrogens (tertiary/aromatic N) is 3. The number of alkyl halides is 2. The van der Waals surface area contributed by atoms with Crippen LogP contribution in [0.3, 0.4) is 0 Å². The predicted molar refractivity (Wildman–Crippen MR) is 83.2 cm³/mol. The Hall–Kier alpha value is -2.55. The molecule has 3 rings (SSSR count). The van der Waals surface area contributed by atoms with Gasteiger partial charge in [-0.1, -0.05) is 12.1 Å². The fourth-order valence-electron chi connectivity index (χ4n) is 2.93. The van der Waals surface area contributed by atoms with Crippen molar-refractivity contribution in [2.75, 3.05) is 0 Å². The largest absolute Gasteiger partial charge is 0.434 e. The number of hydrogen-bond donors (Lipinski definition) is 2. The van der Waals surface area contributed by atoms with Gasteiger partial charge in [0.2, 0.25) is 0 Å². The van der Waals surface area contributed by atoms with E-state index in [2.05, 4.69) is 20.3 Å². The second-order valence-electron chi connectivity index (χ2n) is 5.90. The molecular weight excluding hydrogens is 334 g/mol. The lowest BCUT2D eigenvalue weighted by molar-refractivity contribution is -0.0501. The Morgan fingerprint density at radius 3 is 2.76 bits per heavy atom. The van der Waals surface area contributed by atoms with E-state index < -0.39 is 12.5 Å². The number of carbonyl (C=O) groups is 1. The lowest BCUT2D eigenvalue weighted by Gasteiger charge is -2.35. The van der Waals surface area contributed by atoms with Gasteiger partial charge in [0.25, 0.3) is 5.91 Å². The van der Waals surface area contributed by atoms with Crippen LogP contribution in [0.4, 0.5) is 8.78 Å². The third kappa shape index (κ3) is 3.60. The number of aliphatic hydroxyl groups is 1. The number of para-hydroxylation sites is 1. The number of amides is 1. The van der Waals surface area contributed by atoms with Crippen LogP contribution in [0.15, 0.2) is 24.3 Å². The molecule has 0 saturated heterocycles. The summed E-state index contributed by atoms with van der Waals surface area (Å²) in [6.07, 6.45) is 1.34. The molecule has 2 N–H and O–H groups in total. The fraction of sp³-hybridized carbons (Fsp3) is 0.438. The van der Waals surface area contributed by atoms with Crippen LogP contribution in [0.2, 0.25) is 0 Å². The van der Waals surface area contributed by atoms with Gasteiger partial charge < -0.3 is 19.7 Å². The second kappa shape index (κ2) is 7.14. The molecule has 0 spiro atoms. The summed E-state index contributed by atoms with van der Waals surface area (Å²) in [4.78, 5) is 12.3. The van der Waals surface area contributed by atoms with Gasteiger partial charge in [-0.15, -0.1) is 10.2 Å². The summed E-state index contributed by atoms with van der Waals surface area (Å²) in [5.41, 5.74) is 0.0764. The summed E-state index contributed by atoms with van der Waals surface area (Å²) < 4.78 is 31.0. The van der Waals surface area contributed by atoms with Crippen molar-refractivity contribution in [1.82, 2.24) is 20.1 Å². The normalized spacial score (nSPS) is 19.6. The van der Waals surface area contributed by atoms with Crippen LogP contribution in [-0.4, -0.2) is 38.4 Å². The topological polar surface area (TPSA) is 89.3 Å². The molecule has 1 aromatic carbocycles. The highest BCUT2D eigenvalue weighted by Crippen LogP contribution is 2.36. The quantitative estimate of drug-likeness (QED) is 0.824. The average Bonchev–Trinajstić information content (AvgIpc) is 2.90. The molecule has 25 heavy (non-hydrogen) atoms. The highest BCUT2D eigenvalue weighted by atomic mass is 19.3. The number of rotatable bonds is 6. The number of hydrogen-bond acceptors (Lipinski definition) is 5. The summed E-state index contributed by atoms with van der Waals surface area (Å²) in [7, 11) is 1.78. The zero-order chi connectivity index (χ0) is 18.0. The van der Waals surface area contributed by atoms with Gasteiger partial charge in [-0.05, 0) is 25.0 Å². The molecule has 2 aromatic rings. The van der Waals surface area contributed by atoms with Crippen LogP contribution in [0, 0.1) is 0 Å². The lowest BCUT2D eigenvalue weighted by atomic mass is 9.79. The minimum atomic E-state index is -2.99. The Balaban J connectivity index is 1.60. The molecule has 0 radical (unpaired) electrons. The third-order valence-electron chi connectivity index (χ3n) is 4.33. The fourth-order valence-corrected chi connectivity index (χ4v) is 2.93. The van der Waals surface area contributed by atoms with Gasteiger partial charge in [-0.2, -0.15) is 8.78 Å². The van der Waals surface area contributed by atoms with E-state index in [1.54, 1.807) is 17.7 Å². The van der Waals surface area contributed by atoms with Crippen molar-refractivity contribution in [1.29, 1.82) is 0 Å². The number of benzene rings is 1. The molecule has 0 unspecified atom stereocenters. The van der Waals surface area contributed by atoms with Crippen LogP contribution in [0.5, 0.6) is 5.75 Å². The van der Waals surface area contributed by atoms with Gasteiger partial charge >= 0.3 is 6.61 Å². The first-order valence-corrected chi connectivity index (χ1v) is 7.83. The van der Waals surface area contributed by atoms with Crippen molar-refractivity contribution in [3.05, 3.63) is 41.5 Å². The number of carbonyl (C=O) groups excluding carboxylic acids is 1. The summed E-state index contributed by atoms with van der Waals surface area (Å²) in [5, 5.41) is 19.9. The molecule has 134 valence electrons. The predicted octanol–water partition coefficient (Wildman–Crippen LogP) is 1.58. The van der Waals surface area contributed by atoms with E-state index in [-0.39, 0.29) is 29.9 Å². The van der Waals surface area contributed by atoms with Crippen molar-refractivity contribution < 1.29 is 23.4 Å². The van der Waals surface area contributed by atoms with E-state index in [1.807, 2.05) is 0 Å². The highest BCUT2D eigenvalue weighted by Gasteiger charge is 2.35. The average molecular weight is 352 g/mol. The van der Waals surface area contributed by atoms with Crippen molar-refractivity contribution in [3.63, 3.8) is 0 Å². The molecule has 0 aliphatic heterocycles. The first-order valence-electron chi connectivity index (χ1n) is 7.83. The smallest absolute Gasteiger partial charge is 0.387 e. The molecule has 0 bridgehead atoms. The molecule has 9 heteroatoms. The van der Waals surface area contributed by atoms with E-state index in [4.69, 9.17) is 5.11 Å². The van der Waals surface area contributed by atoms with E-state index >= 15 is 0 Å². The van der Waals surface area contributed by atoms with Crippen LogP contribution < -0.4 is 10.1 Å². The zero-order valence-electron chi connectivity index (χ0n) is 13.5. The molecule has 1 fully saturated rings. The first kappa shape index (κ1) is 17.3. The van der Waals surface area contributed by atoms with Gasteiger partial charge in [-0.3, -0.25) is 4.79 Å². The van der Waals surface area contributed by atoms with Crippen molar-refractivity contribution >= 4 is 5.91 Å². The Kier molecular flexibility index (Phi) is 4.93. The minimum Gasteiger partial charge on any atom is -0.434 e. The van der Waals surface area contributed by atoms with E-state index in [1.165, 1.54) is 18.2 Å².